The molecule has 0 aliphatic heterocycles. The van der Waals surface area contributed by atoms with Crippen molar-refractivity contribution in [2.24, 2.45) is 0 Å². The number of hydrogen-bond donors (Lipinski definition) is 0. The number of hydrogen-bond acceptors (Lipinski definition) is 1. The molecule has 0 unspecified atom stereocenters. The Labute approximate surface area is 93.1 Å². The lowest BCUT2D eigenvalue weighted by molar-refractivity contribution is 0.307. The van der Waals surface area contributed by atoms with Crippen LogP contribution in [0, 0.1) is 0 Å². The molecule has 0 aromatic heterocycles. The second-order valence-electron chi connectivity index (χ2n) is 3.06. The van der Waals surface area contributed by atoms with Crippen molar-refractivity contribution in [3.05, 3.63) is 60.1 Å². The molecule has 0 heterocycles. The van der Waals surface area contributed by atoms with Gasteiger partial charge in [0.1, 0.15) is 0 Å². The van der Waals surface area contributed by atoms with Crippen LogP contribution in [-0.2, 0) is 4.74 Å². The Balaban J connectivity index is 0.000000280. The van der Waals surface area contributed by atoms with Crippen molar-refractivity contribution in [1.29, 1.82) is 0 Å². The summed E-state index contributed by atoms with van der Waals surface area (Å²) in [4.78, 5) is 0. The molecule has 0 fully saturated rings. The predicted molar refractivity (Wildman–Crippen MR) is 66.4 cm³/mol. The van der Waals surface area contributed by atoms with E-state index in [0.717, 1.165) is 11.5 Å². The summed E-state index contributed by atoms with van der Waals surface area (Å²) in [5.41, 5.74) is 0. The normalized spacial score (nSPS) is 11.5. The molecule has 0 N–H and O–H groups in total. The van der Waals surface area contributed by atoms with Gasteiger partial charge in [0.2, 0.25) is 0 Å². The summed E-state index contributed by atoms with van der Waals surface area (Å²) >= 11 is 0. The monoisotopic (exact) mass is 204 g/mol. The van der Waals surface area contributed by atoms with Gasteiger partial charge < -0.3 is 4.74 Å². The highest BCUT2D eigenvalue weighted by Gasteiger charge is 1.86. The van der Waals surface area contributed by atoms with E-state index in [1.807, 2.05) is 76.2 Å². The van der Waals surface area contributed by atoms with Gasteiger partial charge in [-0.1, -0.05) is 36.4 Å². The van der Waals surface area contributed by atoms with Crippen LogP contribution in [0.15, 0.2) is 60.1 Å². The summed E-state index contributed by atoms with van der Waals surface area (Å²) in [5.74, 6) is 1.90. The lowest BCUT2D eigenvalue weighted by atomic mass is 10.4. The molecule has 1 heteroatoms. The molecule has 0 saturated heterocycles. The van der Waals surface area contributed by atoms with E-state index in [1.165, 1.54) is 0 Å². The number of rotatable bonds is 2. The second kappa shape index (κ2) is 9.07. The quantitative estimate of drug-likeness (QED) is 0.643. The van der Waals surface area contributed by atoms with Gasteiger partial charge in [-0.2, -0.15) is 0 Å². The summed E-state index contributed by atoms with van der Waals surface area (Å²) in [6, 6.07) is 12.0. The van der Waals surface area contributed by atoms with Gasteiger partial charge in [0.15, 0.2) is 0 Å². The molecule has 1 nitrogen and oxygen atoms in total. The van der Waals surface area contributed by atoms with Crippen LogP contribution in [0.25, 0.3) is 0 Å². The first-order chi connectivity index (χ1) is 7.20. The number of ether oxygens (including phenoxy) is 1. The smallest absolute Gasteiger partial charge is 0.0962 e. The fraction of sp³-hybridized carbons (Fsp3) is 0.286. The molecule has 0 bridgehead atoms. The number of benzene rings is 1. The molecule has 1 rings (SSSR count). The highest BCUT2D eigenvalue weighted by molar-refractivity contribution is 4.99. The second-order valence-corrected chi connectivity index (χ2v) is 3.06. The van der Waals surface area contributed by atoms with Gasteiger partial charge in [0.25, 0.3) is 0 Å². The topological polar surface area (TPSA) is 9.23 Å². The van der Waals surface area contributed by atoms with Gasteiger partial charge in [-0.25, -0.2) is 0 Å². The van der Waals surface area contributed by atoms with Gasteiger partial charge in [0.05, 0.1) is 11.5 Å². The minimum absolute atomic E-state index is 0.950. The van der Waals surface area contributed by atoms with Gasteiger partial charge in [-0.3, -0.25) is 0 Å². The lowest BCUT2D eigenvalue weighted by Gasteiger charge is -2.02. The van der Waals surface area contributed by atoms with Crippen molar-refractivity contribution in [2.75, 3.05) is 0 Å². The van der Waals surface area contributed by atoms with Crippen molar-refractivity contribution in [3.63, 3.8) is 0 Å². The molecule has 0 spiro atoms. The molecule has 0 aliphatic carbocycles. The average molecular weight is 204 g/mol. The third-order valence-electron chi connectivity index (χ3n) is 1.80. The van der Waals surface area contributed by atoms with Crippen LogP contribution in [0.4, 0.5) is 0 Å². The molecule has 0 atom stereocenters. The summed E-state index contributed by atoms with van der Waals surface area (Å²) in [6.07, 6.45) is 3.88. The summed E-state index contributed by atoms with van der Waals surface area (Å²) in [5, 5.41) is 0. The molecule has 0 amide bonds. The minimum Gasteiger partial charge on any atom is -0.467 e. The van der Waals surface area contributed by atoms with Crippen molar-refractivity contribution >= 4 is 0 Å². The fourth-order valence-corrected chi connectivity index (χ4v) is 0.757. The van der Waals surface area contributed by atoms with Crippen LogP contribution < -0.4 is 0 Å². The van der Waals surface area contributed by atoms with Gasteiger partial charge in [-0.05, 0) is 39.8 Å². The molecule has 0 saturated carbocycles. The first-order valence-corrected chi connectivity index (χ1v) is 5.14. The Morgan fingerprint density at radius 2 is 1.00 bits per heavy atom. The first-order valence-electron chi connectivity index (χ1n) is 5.14. The Kier molecular flexibility index (Phi) is 8.16. The van der Waals surface area contributed by atoms with Crippen LogP contribution in [0.1, 0.15) is 27.7 Å². The van der Waals surface area contributed by atoms with Gasteiger partial charge in [0, 0.05) is 0 Å². The Hall–Kier alpha value is -1.50. The van der Waals surface area contributed by atoms with Gasteiger partial charge in [-0.15, -0.1) is 0 Å². The highest BCUT2D eigenvalue weighted by atomic mass is 16.5. The Morgan fingerprint density at radius 1 is 0.733 bits per heavy atom. The largest absolute Gasteiger partial charge is 0.467 e. The molecule has 15 heavy (non-hydrogen) atoms. The Morgan fingerprint density at radius 3 is 1.20 bits per heavy atom. The van der Waals surface area contributed by atoms with Crippen molar-refractivity contribution in [2.45, 2.75) is 27.7 Å². The summed E-state index contributed by atoms with van der Waals surface area (Å²) in [7, 11) is 0. The van der Waals surface area contributed by atoms with E-state index in [9.17, 15) is 0 Å². The zero-order valence-electron chi connectivity index (χ0n) is 10.0. The average Bonchev–Trinajstić information content (AvgIpc) is 2.31. The van der Waals surface area contributed by atoms with E-state index in [2.05, 4.69) is 0 Å². The number of allylic oxidation sites excluding steroid dienone is 4. The molecular weight excluding hydrogens is 184 g/mol. The maximum atomic E-state index is 5.27. The van der Waals surface area contributed by atoms with Crippen LogP contribution in [0.2, 0.25) is 0 Å². The molecular formula is C14H20O. The summed E-state index contributed by atoms with van der Waals surface area (Å²) < 4.78 is 5.27. The SMILES string of the molecule is CC=C(C)OC(C)=CC.c1ccccc1. The maximum absolute atomic E-state index is 5.27. The first kappa shape index (κ1) is 13.5. The molecule has 0 radical (unpaired) electrons. The van der Waals surface area contributed by atoms with E-state index in [1.54, 1.807) is 0 Å². The highest BCUT2D eigenvalue weighted by Crippen LogP contribution is 2.03. The fourth-order valence-electron chi connectivity index (χ4n) is 0.757. The minimum atomic E-state index is 0.950. The van der Waals surface area contributed by atoms with E-state index < -0.39 is 0 Å². The van der Waals surface area contributed by atoms with Crippen molar-refractivity contribution < 1.29 is 4.74 Å². The molecule has 1 aromatic carbocycles. The lowest BCUT2D eigenvalue weighted by Crippen LogP contribution is -1.83. The van der Waals surface area contributed by atoms with E-state index in [0.29, 0.717) is 0 Å². The van der Waals surface area contributed by atoms with Crippen LogP contribution in [0.3, 0.4) is 0 Å². The predicted octanol–water partition coefficient (Wildman–Crippen LogP) is 4.54. The standard InChI is InChI=1S/C8H14O.C6H6/c1-5-7(3)9-8(4)6-2;1-2-4-6-5-3-1/h5-6H,1-4H3;1-6H. The van der Waals surface area contributed by atoms with E-state index >= 15 is 0 Å². The maximum Gasteiger partial charge on any atom is 0.0962 e. The zero-order valence-corrected chi connectivity index (χ0v) is 10.0. The molecule has 82 valence electrons. The van der Waals surface area contributed by atoms with Crippen molar-refractivity contribution in [3.8, 4) is 0 Å². The van der Waals surface area contributed by atoms with Crippen LogP contribution in [0.5, 0.6) is 0 Å². The van der Waals surface area contributed by atoms with Crippen LogP contribution >= 0.6 is 0 Å². The molecule has 0 aliphatic rings. The van der Waals surface area contributed by atoms with Gasteiger partial charge >= 0.3 is 0 Å². The zero-order chi connectivity index (χ0) is 11.5. The van der Waals surface area contributed by atoms with Crippen molar-refractivity contribution in [1.82, 2.24) is 0 Å². The Bertz CT molecular complexity index is 254. The molecule has 1 aromatic rings. The summed E-state index contributed by atoms with van der Waals surface area (Å²) in [6.45, 7) is 7.79. The third kappa shape index (κ3) is 8.82. The van der Waals surface area contributed by atoms with E-state index in [-0.39, 0.29) is 0 Å². The van der Waals surface area contributed by atoms with E-state index in [4.69, 9.17) is 4.74 Å². The van der Waals surface area contributed by atoms with Crippen LogP contribution in [-0.4, -0.2) is 0 Å². The third-order valence-corrected chi connectivity index (χ3v) is 1.80.